The summed E-state index contributed by atoms with van der Waals surface area (Å²) in [5.41, 5.74) is 8.09. The fourth-order valence-corrected chi connectivity index (χ4v) is 1.72. The molecule has 0 aromatic carbocycles. The van der Waals surface area contributed by atoms with Gasteiger partial charge in [-0.05, 0) is 46.1 Å². The highest BCUT2D eigenvalue weighted by Gasteiger charge is 2.08. The van der Waals surface area contributed by atoms with Crippen molar-refractivity contribution in [2.24, 2.45) is 5.73 Å². The van der Waals surface area contributed by atoms with Gasteiger partial charge in [-0.2, -0.15) is 0 Å². The van der Waals surface area contributed by atoms with E-state index in [2.05, 4.69) is 25.9 Å². The van der Waals surface area contributed by atoms with Crippen molar-refractivity contribution in [3.05, 3.63) is 58.6 Å². The normalized spacial score (nSPS) is 12.4. The lowest BCUT2D eigenvalue weighted by molar-refractivity contribution is 0.694. The smallest absolute Gasteiger partial charge is 0.0575 e. The Morgan fingerprint density at radius 1 is 1.25 bits per heavy atom. The molecule has 0 saturated carbocycles. The molecule has 2 heterocycles. The Kier molecular flexibility index (Phi) is 3.64. The van der Waals surface area contributed by atoms with Gasteiger partial charge in [0.15, 0.2) is 0 Å². The molecule has 0 aliphatic heterocycles. The summed E-state index contributed by atoms with van der Waals surface area (Å²) < 4.78 is 0.963. The van der Waals surface area contributed by atoms with E-state index in [-0.39, 0.29) is 6.04 Å². The number of halogens is 1. The molecule has 0 aliphatic rings. The molecule has 0 saturated heterocycles. The minimum atomic E-state index is -0.0858. The van der Waals surface area contributed by atoms with E-state index in [0.29, 0.717) is 0 Å². The van der Waals surface area contributed by atoms with Gasteiger partial charge in [-0.15, -0.1) is 0 Å². The highest BCUT2D eigenvalue weighted by Crippen LogP contribution is 2.15. The number of pyridine rings is 2. The molecule has 2 rings (SSSR count). The minimum Gasteiger partial charge on any atom is -0.322 e. The first-order valence-electron chi connectivity index (χ1n) is 5.01. The molecule has 82 valence electrons. The molecule has 1 unspecified atom stereocenters. The maximum atomic E-state index is 6.07. The Labute approximate surface area is 103 Å². The van der Waals surface area contributed by atoms with Crippen LogP contribution in [0, 0.1) is 0 Å². The van der Waals surface area contributed by atoms with Gasteiger partial charge in [-0.1, -0.05) is 6.07 Å². The summed E-state index contributed by atoms with van der Waals surface area (Å²) in [4.78, 5) is 8.34. The summed E-state index contributed by atoms with van der Waals surface area (Å²) >= 11 is 3.35. The van der Waals surface area contributed by atoms with Crippen LogP contribution in [-0.2, 0) is 6.42 Å². The first-order valence-corrected chi connectivity index (χ1v) is 5.81. The SMILES string of the molecule is NC(Cc1cccnc1)c1ccc(Br)cn1. The van der Waals surface area contributed by atoms with Crippen LogP contribution < -0.4 is 5.73 Å². The van der Waals surface area contributed by atoms with Gasteiger partial charge in [-0.3, -0.25) is 9.97 Å². The van der Waals surface area contributed by atoms with E-state index in [9.17, 15) is 0 Å². The van der Waals surface area contributed by atoms with E-state index in [1.54, 1.807) is 12.4 Å². The molecule has 4 heteroatoms. The Morgan fingerprint density at radius 3 is 2.75 bits per heavy atom. The van der Waals surface area contributed by atoms with Crippen LogP contribution >= 0.6 is 15.9 Å². The highest BCUT2D eigenvalue weighted by molar-refractivity contribution is 9.10. The summed E-state index contributed by atoms with van der Waals surface area (Å²) in [6, 6.07) is 7.73. The maximum absolute atomic E-state index is 6.07. The van der Waals surface area contributed by atoms with Crippen LogP contribution in [-0.4, -0.2) is 9.97 Å². The quantitative estimate of drug-likeness (QED) is 0.938. The Bertz CT molecular complexity index is 442. The highest BCUT2D eigenvalue weighted by atomic mass is 79.9. The van der Waals surface area contributed by atoms with Gasteiger partial charge in [0.25, 0.3) is 0 Å². The molecule has 2 N–H and O–H groups in total. The second kappa shape index (κ2) is 5.18. The molecule has 2 aromatic heterocycles. The van der Waals surface area contributed by atoms with Crippen LogP contribution in [0.5, 0.6) is 0 Å². The average Bonchev–Trinajstić information content (AvgIpc) is 2.31. The number of nitrogens with two attached hydrogens (primary N) is 1. The molecular weight excluding hydrogens is 266 g/mol. The van der Waals surface area contributed by atoms with Crippen LogP contribution in [0.15, 0.2) is 47.3 Å². The lowest BCUT2D eigenvalue weighted by atomic mass is 10.1. The van der Waals surface area contributed by atoms with E-state index in [1.165, 1.54) is 0 Å². The molecule has 0 radical (unpaired) electrons. The maximum Gasteiger partial charge on any atom is 0.0575 e. The fraction of sp³-hybridized carbons (Fsp3) is 0.167. The number of aromatic nitrogens is 2. The molecule has 16 heavy (non-hydrogen) atoms. The second-order valence-corrected chi connectivity index (χ2v) is 4.49. The van der Waals surface area contributed by atoms with Gasteiger partial charge in [0.05, 0.1) is 11.7 Å². The summed E-state index contributed by atoms with van der Waals surface area (Å²) in [6.45, 7) is 0. The molecule has 0 bridgehead atoms. The molecular formula is C12H12BrN3. The van der Waals surface area contributed by atoms with Crippen LogP contribution in [0.2, 0.25) is 0 Å². The van der Waals surface area contributed by atoms with Crippen molar-refractivity contribution in [2.75, 3.05) is 0 Å². The van der Waals surface area contributed by atoms with Crippen LogP contribution in [0.4, 0.5) is 0 Å². The third kappa shape index (κ3) is 2.87. The Morgan fingerprint density at radius 2 is 2.12 bits per heavy atom. The van der Waals surface area contributed by atoms with Crippen molar-refractivity contribution < 1.29 is 0 Å². The fourth-order valence-electron chi connectivity index (χ4n) is 1.48. The van der Waals surface area contributed by atoms with Gasteiger partial charge in [0.2, 0.25) is 0 Å². The lowest BCUT2D eigenvalue weighted by Gasteiger charge is -2.10. The van der Waals surface area contributed by atoms with Crippen molar-refractivity contribution >= 4 is 15.9 Å². The number of hydrogen-bond acceptors (Lipinski definition) is 3. The van der Waals surface area contributed by atoms with Crippen molar-refractivity contribution in [3.63, 3.8) is 0 Å². The van der Waals surface area contributed by atoms with Gasteiger partial charge in [-0.25, -0.2) is 0 Å². The van der Waals surface area contributed by atoms with E-state index in [4.69, 9.17) is 5.73 Å². The zero-order valence-corrected chi connectivity index (χ0v) is 10.3. The predicted molar refractivity (Wildman–Crippen MR) is 66.8 cm³/mol. The monoisotopic (exact) mass is 277 g/mol. The van der Waals surface area contributed by atoms with E-state index in [0.717, 1.165) is 22.2 Å². The van der Waals surface area contributed by atoms with Gasteiger partial charge >= 0.3 is 0 Å². The molecule has 1 atom stereocenters. The van der Waals surface area contributed by atoms with Crippen LogP contribution in [0.1, 0.15) is 17.3 Å². The largest absolute Gasteiger partial charge is 0.322 e. The van der Waals surface area contributed by atoms with Crippen molar-refractivity contribution in [1.29, 1.82) is 0 Å². The number of hydrogen-bond donors (Lipinski definition) is 1. The Balaban J connectivity index is 2.09. The molecule has 3 nitrogen and oxygen atoms in total. The van der Waals surface area contributed by atoms with Crippen molar-refractivity contribution in [1.82, 2.24) is 9.97 Å². The first kappa shape index (κ1) is 11.2. The zero-order chi connectivity index (χ0) is 11.4. The van der Waals surface area contributed by atoms with Crippen molar-refractivity contribution in [3.8, 4) is 0 Å². The summed E-state index contributed by atoms with van der Waals surface area (Å²) in [7, 11) is 0. The van der Waals surface area contributed by atoms with Gasteiger partial charge in [0.1, 0.15) is 0 Å². The van der Waals surface area contributed by atoms with E-state index < -0.39 is 0 Å². The first-order chi connectivity index (χ1) is 7.75. The van der Waals surface area contributed by atoms with E-state index in [1.807, 2.05) is 30.5 Å². The standard InChI is InChI=1S/C12H12BrN3/c13-10-3-4-12(16-8-10)11(14)6-9-2-1-5-15-7-9/h1-5,7-8,11H,6,14H2. The minimum absolute atomic E-state index is 0.0858. The van der Waals surface area contributed by atoms with Gasteiger partial charge in [0, 0.05) is 23.1 Å². The molecule has 0 aliphatic carbocycles. The molecule has 0 fully saturated rings. The van der Waals surface area contributed by atoms with Crippen molar-refractivity contribution in [2.45, 2.75) is 12.5 Å². The third-order valence-electron chi connectivity index (χ3n) is 2.31. The Hall–Kier alpha value is -1.26. The molecule has 0 amide bonds. The topological polar surface area (TPSA) is 51.8 Å². The average molecular weight is 278 g/mol. The zero-order valence-electron chi connectivity index (χ0n) is 8.68. The summed E-state index contributed by atoms with van der Waals surface area (Å²) in [5.74, 6) is 0. The predicted octanol–water partition coefficient (Wildman–Crippen LogP) is 2.48. The van der Waals surface area contributed by atoms with Crippen LogP contribution in [0.3, 0.4) is 0 Å². The summed E-state index contributed by atoms with van der Waals surface area (Å²) in [5, 5.41) is 0. The summed E-state index contributed by atoms with van der Waals surface area (Å²) in [6.07, 6.45) is 6.10. The van der Waals surface area contributed by atoms with Gasteiger partial charge < -0.3 is 5.73 Å². The second-order valence-electron chi connectivity index (χ2n) is 3.57. The number of nitrogens with zero attached hydrogens (tertiary/aromatic N) is 2. The lowest BCUT2D eigenvalue weighted by Crippen LogP contribution is -2.14. The number of rotatable bonds is 3. The van der Waals surface area contributed by atoms with E-state index >= 15 is 0 Å². The van der Waals surface area contributed by atoms with Crippen LogP contribution in [0.25, 0.3) is 0 Å². The molecule has 2 aromatic rings. The molecule has 0 spiro atoms. The third-order valence-corrected chi connectivity index (χ3v) is 2.78.